The second-order valence-corrected chi connectivity index (χ2v) is 17.5. The summed E-state index contributed by atoms with van der Waals surface area (Å²) in [7, 11) is 16.2. The van der Waals surface area contributed by atoms with Gasteiger partial charge in [-0.15, -0.1) is 0 Å². The summed E-state index contributed by atoms with van der Waals surface area (Å²) >= 11 is 8.44. The Morgan fingerprint density at radius 1 is 0.957 bits per heavy atom. The quantitative estimate of drug-likeness (QED) is 0.102. The normalized spacial score (nSPS) is 12.7. The Hall–Kier alpha value is -2.47. The lowest BCUT2D eigenvalue weighted by Crippen LogP contribution is -2.09. The number of carbonyl (C=O) groups excluding carboxylic acids is 1. The average Bonchev–Trinajstić information content (AvgIpc) is 3.79. The molecule has 5 nitrogen and oxygen atoms in total. The molecule has 0 atom stereocenters. The van der Waals surface area contributed by atoms with E-state index in [9.17, 15) is 9.59 Å². The zero-order chi connectivity index (χ0) is 32.8. The number of halogens is 4. The molecule has 1 saturated carbocycles. The molecule has 3 aromatic carbocycles. The Kier molecular flexibility index (Phi) is 17.3. The van der Waals surface area contributed by atoms with Gasteiger partial charge in [-0.3, -0.25) is 4.79 Å². The van der Waals surface area contributed by atoms with E-state index in [4.69, 9.17) is 51.6 Å². The van der Waals surface area contributed by atoms with Crippen LogP contribution in [-0.2, 0) is 16.0 Å². The van der Waals surface area contributed by atoms with Gasteiger partial charge in [0.25, 0.3) is 0 Å². The van der Waals surface area contributed by atoms with Gasteiger partial charge >= 0.3 is 23.3 Å². The van der Waals surface area contributed by atoms with Crippen molar-refractivity contribution in [2.24, 2.45) is 5.41 Å². The summed E-state index contributed by atoms with van der Waals surface area (Å²) in [5.41, 5.74) is 5.53. The number of benzene rings is 3. The summed E-state index contributed by atoms with van der Waals surface area (Å²) in [5, 5.41) is 10.1. The molecule has 0 aliphatic heterocycles. The molecule has 11 heteroatoms. The number of hydrogen-bond acceptors (Lipinski definition) is 5. The van der Waals surface area contributed by atoms with Crippen LogP contribution >= 0.6 is 54.4 Å². The predicted octanol–water partition coefficient (Wildman–Crippen LogP) is 10.6. The summed E-state index contributed by atoms with van der Waals surface area (Å²) < 4.78 is 4.87. The lowest BCUT2D eigenvalue weighted by Gasteiger charge is -2.05. The number of aliphatic carboxylic acids is 1. The molecule has 0 radical (unpaired) electrons. The van der Waals surface area contributed by atoms with Gasteiger partial charge in [-0.05, 0) is 83.5 Å². The van der Waals surface area contributed by atoms with E-state index in [1.54, 1.807) is 6.07 Å². The first-order chi connectivity index (χ1) is 21.5. The number of carbonyl (C=O) groups is 2. The number of pyridine rings is 1. The van der Waals surface area contributed by atoms with Gasteiger partial charge in [-0.25, -0.2) is 39.9 Å². The molecule has 1 heterocycles. The zero-order valence-electron chi connectivity index (χ0n) is 24.5. The molecule has 0 spiro atoms. The van der Waals surface area contributed by atoms with Crippen molar-refractivity contribution in [3.05, 3.63) is 118 Å². The third-order valence-corrected chi connectivity index (χ3v) is 7.83. The lowest BCUT2D eigenvalue weighted by atomic mass is 10.0. The van der Waals surface area contributed by atoms with Crippen molar-refractivity contribution in [1.82, 2.24) is 4.98 Å². The van der Waals surface area contributed by atoms with Crippen LogP contribution in [0.15, 0.2) is 84.9 Å². The fraction of sp³-hybridized carbons (Fsp3) is 0.229. The van der Waals surface area contributed by atoms with Crippen molar-refractivity contribution in [2.45, 2.75) is 33.1 Å². The van der Waals surface area contributed by atoms with Crippen molar-refractivity contribution in [1.29, 1.82) is 0 Å². The molecule has 1 fully saturated rings. The number of rotatable bonds is 9. The van der Waals surface area contributed by atoms with Crippen molar-refractivity contribution < 1.29 is 19.4 Å². The number of carboxylic acid groups (broad SMARTS) is 1. The largest absolute Gasteiger partial charge is 0.643 e. The molecular formula is C35H36AlCl4NO4S. The topological polar surface area (TPSA) is 76.5 Å². The van der Waals surface area contributed by atoms with Gasteiger partial charge < -0.3 is 9.84 Å². The van der Waals surface area contributed by atoms with Crippen molar-refractivity contribution in [3.63, 3.8) is 0 Å². The molecule has 0 amide bonds. The first-order valence-corrected chi connectivity index (χ1v) is 20.2. The zero-order valence-corrected chi connectivity index (χ0v) is 29.6. The third-order valence-electron chi connectivity index (χ3n) is 6.92. The molecule has 1 aliphatic carbocycles. The van der Waals surface area contributed by atoms with Crippen LogP contribution in [0, 0.1) is 5.41 Å². The highest BCUT2D eigenvalue weighted by Crippen LogP contribution is 2.49. The number of hydrogen-bond donors (Lipinski definition) is 2. The van der Waals surface area contributed by atoms with Crippen LogP contribution in [0.25, 0.3) is 29.1 Å². The maximum atomic E-state index is 11.9. The predicted molar refractivity (Wildman–Crippen MR) is 200 cm³/mol. The van der Waals surface area contributed by atoms with Crippen LogP contribution in [-0.4, -0.2) is 46.3 Å². The van der Waals surface area contributed by atoms with Gasteiger partial charge in [-0.1, -0.05) is 85.8 Å². The van der Waals surface area contributed by atoms with E-state index < -0.39 is 17.4 Å². The highest BCUT2D eigenvalue weighted by molar-refractivity contribution is 7.80. The number of carboxylic acids is 1. The van der Waals surface area contributed by atoms with Gasteiger partial charge in [0.05, 0.1) is 30.3 Å². The van der Waals surface area contributed by atoms with Gasteiger partial charge in [0, 0.05) is 10.4 Å². The number of ether oxygens (including phenoxy) is 1. The molecule has 5 rings (SSSR count). The van der Waals surface area contributed by atoms with Crippen molar-refractivity contribution >= 4 is 107 Å². The lowest BCUT2D eigenvalue weighted by molar-refractivity contribution is -0.138. The van der Waals surface area contributed by atoms with E-state index in [0.717, 1.165) is 51.9 Å². The molecule has 0 saturated heterocycles. The average molecular weight is 736 g/mol. The Morgan fingerprint density at radius 3 is 2.22 bits per heavy atom. The first kappa shape index (κ1) is 39.7. The van der Waals surface area contributed by atoms with Crippen molar-refractivity contribution in [2.75, 3.05) is 12.9 Å². The first-order valence-electron chi connectivity index (χ1n) is 14.0. The Morgan fingerprint density at radius 2 is 1.61 bits per heavy atom. The number of thiol groups is 1. The minimum absolute atomic E-state index is 0. The maximum absolute atomic E-state index is 11.9. The minimum atomic E-state index is -1.72. The number of methoxy groups -OCH3 is 1. The van der Waals surface area contributed by atoms with Crippen LogP contribution in [0.4, 0.5) is 0 Å². The Labute approximate surface area is 298 Å². The summed E-state index contributed by atoms with van der Waals surface area (Å²) in [6, 6.07) is 25.5. The monoisotopic (exact) mass is 733 g/mol. The van der Waals surface area contributed by atoms with E-state index in [-0.39, 0.29) is 18.8 Å². The van der Waals surface area contributed by atoms with Gasteiger partial charge in [0.15, 0.2) is 0 Å². The van der Waals surface area contributed by atoms with E-state index in [1.165, 1.54) is 7.11 Å². The highest BCUT2D eigenvalue weighted by Gasteiger charge is 2.42. The minimum Gasteiger partial charge on any atom is -0.481 e. The molecule has 46 heavy (non-hydrogen) atoms. The standard InChI is InChI=1S/C28H22ClNO2.C6H10O2S.CH4.Al.3ClH/c1-32-28(31)26-11-3-2-9-22(26)10-5-8-20-6-4-7-21(18-20)12-16-25-17-14-23-13-15-24(29)19-27(23)30-25;7-5(8)3-6(4-9)1-2-6;;;;;/h2-9,11-19H,10H2,1H3;9H,1-4H2,(H,7,8);1H4;;3*1H/q;;;+3;;;/p-3/b8-5+,16-12+;;;;;;. The molecule has 1 N–H and O–H groups in total. The summed E-state index contributed by atoms with van der Waals surface area (Å²) in [5.74, 6) is -0.286. The SMILES string of the molecule is C.COC(=O)c1ccccc1C/C=C/c1cccc(/C=C/c2ccc3ccc(Cl)cc3n2)c1.O=C(O)CC1(CS)CC1.[Cl][Al]([Cl])[Cl]. The molecule has 4 aromatic rings. The summed E-state index contributed by atoms with van der Waals surface area (Å²) in [6.07, 6.45) is 11.2. The fourth-order valence-electron chi connectivity index (χ4n) is 4.36. The van der Waals surface area contributed by atoms with E-state index in [1.807, 2.05) is 66.7 Å². The number of aromatic nitrogens is 1. The van der Waals surface area contributed by atoms with E-state index >= 15 is 0 Å². The number of fused-ring (bicyclic) bond motifs is 1. The summed E-state index contributed by atoms with van der Waals surface area (Å²) in [6.45, 7) is 0. The number of nitrogens with zero attached hydrogens (tertiary/aromatic N) is 1. The van der Waals surface area contributed by atoms with Crippen molar-refractivity contribution in [3.8, 4) is 0 Å². The fourth-order valence-corrected chi connectivity index (χ4v) is 4.96. The Balaban J connectivity index is 0.000000441. The highest BCUT2D eigenvalue weighted by atomic mass is 35.8. The molecular weight excluding hydrogens is 699 g/mol. The molecule has 1 aromatic heterocycles. The van der Waals surface area contributed by atoms with Gasteiger partial charge in [-0.2, -0.15) is 12.6 Å². The van der Waals surface area contributed by atoms with Crippen LogP contribution < -0.4 is 0 Å². The smallest absolute Gasteiger partial charge is 0.481 e. The van der Waals surface area contributed by atoms with Gasteiger partial charge in [0.1, 0.15) is 0 Å². The van der Waals surface area contributed by atoms with E-state index in [0.29, 0.717) is 23.4 Å². The molecule has 0 unspecified atom stereocenters. The molecule has 0 bridgehead atoms. The molecule has 1 aliphatic rings. The van der Waals surface area contributed by atoms with Crippen LogP contribution in [0.2, 0.25) is 5.02 Å². The van der Waals surface area contributed by atoms with Crippen LogP contribution in [0.3, 0.4) is 0 Å². The third kappa shape index (κ3) is 13.7. The van der Waals surface area contributed by atoms with E-state index in [2.05, 4.69) is 48.0 Å². The van der Waals surface area contributed by atoms with Crippen LogP contribution in [0.5, 0.6) is 0 Å². The second-order valence-electron chi connectivity index (χ2n) is 10.3. The Bertz CT molecular complexity index is 1660. The van der Waals surface area contributed by atoms with Crippen LogP contribution in [0.1, 0.15) is 59.4 Å². The number of allylic oxidation sites excluding steroid dienone is 1. The second kappa shape index (κ2) is 20.0. The summed E-state index contributed by atoms with van der Waals surface area (Å²) in [4.78, 5) is 26.8. The van der Waals surface area contributed by atoms with Gasteiger partial charge in [0.2, 0.25) is 0 Å². The maximum Gasteiger partial charge on any atom is 0.643 e. The molecule has 242 valence electrons. The number of esters is 1.